The van der Waals surface area contributed by atoms with Gasteiger partial charge in [-0.3, -0.25) is 20.1 Å². The number of anilines is 2. The van der Waals surface area contributed by atoms with Crippen LogP contribution >= 0.6 is 11.8 Å². The van der Waals surface area contributed by atoms with Crippen LogP contribution in [0.1, 0.15) is 87.8 Å². The number of nitrogens with two attached hydrogens (primary N) is 2. The molecule has 214 valence electrons. The fraction of sp³-hybridized carbons (Fsp3) is 0.538. The van der Waals surface area contributed by atoms with Gasteiger partial charge in [-0.2, -0.15) is 0 Å². The molecule has 0 radical (unpaired) electrons. The topological polar surface area (TPSA) is 187 Å². The van der Waals surface area contributed by atoms with Crippen molar-refractivity contribution in [2.24, 2.45) is 11.8 Å². The first-order chi connectivity index (χ1) is 17.4. The van der Waals surface area contributed by atoms with Crippen molar-refractivity contribution in [3.8, 4) is 0 Å². The summed E-state index contributed by atoms with van der Waals surface area (Å²) in [5, 5.41) is 11.9. The zero-order chi connectivity index (χ0) is 30.1. The molecule has 0 atom stereocenters. The Morgan fingerprint density at radius 2 is 1.18 bits per heavy atom. The van der Waals surface area contributed by atoms with Crippen molar-refractivity contribution < 1.29 is 28.5 Å². The molecule has 0 fully saturated rings. The van der Waals surface area contributed by atoms with Gasteiger partial charge in [0.1, 0.15) is 11.4 Å². The molecule has 2 rings (SSSR count). The van der Waals surface area contributed by atoms with Gasteiger partial charge in [0.25, 0.3) is 0 Å². The number of nitrogens with zero attached hydrogens (tertiary/aromatic N) is 2. The molecule has 0 spiro atoms. The number of aryl methyl sites for hydroxylation is 2. The molecule has 0 unspecified atom stereocenters. The number of ketones is 2. The number of rotatable bonds is 8. The Balaban J connectivity index is 0.000000680. The molecule has 10 nitrogen and oxygen atoms in total. The van der Waals surface area contributed by atoms with Gasteiger partial charge in [0.05, 0.1) is 32.9 Å². The summed E-state index contributed by atoms with van der Waals surface area (Å²) in [5.74, 6) is -0.490. The average Bonchev–Trinajstić information content (AvgIpc) is 2.82. The summed E-state index contributed by atoms with van der Waals surface area (Å²) in [4.78, 5) is 33.4. The maximum absolute atomic E-state index is 12.1. The Hall–Kier alpha value is -2.54. The summed E-state index contributed by atoms with van der Waals surface area (Å²) in [6.45, 7) is 18.1. The summed E-state index contributed by atoms with van der Waals surface area (Å²) in [5.41, 5.74) is 14.0. The van der Waals surface area contributed by atoms with Gasteiger partial charge >= 0.3 is 0 Å². The molecule has 0 amide bonds. The van der Waals surface area contributed by atoms with Crippen molar-refractivity contribution in [3.05, 3.63) is 34.9 Å². The van der Waals surface area contributed by atoms with Crippen LogP contribution in [0.25, 0.3) is 0 Å². The van der Waals surface area contributed by atoms with Crippen LogP contribution in [0, 0.1) is 25.7 Å². The van der Waals surface area contributed by atoms with Gasteiger partial charge in [0, 0.05) is 22.0 Å². The third kappa shape index (κ3) is 9.33. The molecule has 12 heteroatoms. The van der Waals surface area contributed by atoms with Gasteiger partial charge in [-0.15, -0.1) is 11.8 Å². The van der Waals surface area contributed by atoms with Gasteiger partial charge in [-0.05, 0) is 39.8 Å². The van der Waals surface area contributed by atoms with Crippen molar-refractivity contribution in [3.63, 3.8) is 0 Å². The average molecular weight is 571 g/mol. The zero-order valence-corrected chi connectivity index (χ0v) is 25.5. The lowest BCUT2D eigenvalue weighted by molar-refractivity contribution is -0.176. The van der Waals surface area contributed by atoms with Crippen LogP contribution in [0.3, 0.4) is 0 Å². The Bertz CT molecular complexity index is 1230. The molecule has 0 aromatic carbocycles. The van der Waals surface area contributed by atoms with Crippen molar-refractivity contribution in [1.82, 2.24) is 9.97 Å². The normalized spacial score (nSPS) is 11.3. The SMILES string of the molecule is Cc1nc(C(=O)C(C)C)c(N)cc1S(=O)(=O)C(C)C.Cc1nc(C(=O)C(C)C)c(N)cc1SC(C)C.OO. The molecular weight excluding hydrogens is 528 g/mol. The molecule has 2 aromatic heterocycles. The molecule has 0 saturated carbocycles. The summed E-state index contributed by atoms with van der Waals surface area (Å²) in [6.07, 6.45) is 0. The fourth-order valence-corrected chi connectivity index (χ4v) is 5.24. The second kappa shape index (κ2) is 15.2. The van der Waals surface area contributed by atoms with E-state index >= 15 is 0 Å². The van der Waals surface area contributed by atoms with Crippen LogP contribution in [0.5, 0.6) is 0 Å². The van der Waals surface area contributed by atoms with Gasteiger partial charge in [-0.25, -0.2) is 18.4 Å². The number of sulfone groups is 1. The summed E-state index contributed by atoms with van der Waals surface area (Å²) in [6, 6.07) is 3.20. The van der Waals surface area contributed by atoms with Crippen LogP contribution in [-0.2, 0) is 9.84 Å². The minimum atomic E-state index is -3.45. The highest BCUT2D eigenvalue weighted by molar-refractivity contribution is 8.00. The molecule has 0 aliphatic carbocycles. The first-order valence-electron chi connectivity index (χ1n) is 12.1. The van der Waals surface area contributed by atoms with E-state index in [0.29, 0.717) is 22.3 Å². The Labute approximate surface area is 230 Å². The van der Waals surface area contributed by atoms with E-state index in [0.717, 1.165) is 10.6 Å². The minimum Gasteiger partial charge on any atom is -0.397 e. The lowest BCUT2D eigenvalue weighted by Gasteiger charge is -2.14. The van der Waals surface area contributed by atoms with E-state index in [9.17, 15) is 18.0 Å². The van der Waals surface area contributed by atoms with Crippen LogP contribution < -0.4 is 11.5 Å². The number of hydrogen-bond donors (Lipinski definition) is 4. The van der Waals surface area contributed by atoms with Crippen molar-refractivity contribution in [2.75, 3.05) is 11.5 Å². The van der Waals surface area contributed by atoms with E-state index in [4.69, 9.17) is 22.0 Å². The molecule has 2 heterocycles. The smallest absolute Gasteiger partial charge is 0.185 e. The van der Waals surface area contributed by atoms with Crippen molar-refractivity contribution in [1.29, 1.82) is 0 Å². The number of aromatic nitrogens is 2. The monoisotopic (exact) mass is 570 g/mol. The van der Waals surface area contributed by atoms with Gasteiger partial charge < -0.3 is 11.5 Å². The molecule has 0 aliphatic heterocycles. The van der Waals surface area contributed by atoms with Crippen LogP contribution in [0.4, 0.5) is 11.4 Å². The third-order valence-electron chi connectivity index (χ3n) is 5.20. The maximum Gasteiger partial charge on any atom is 0.185 e. The first-order valence-corrected chi connectivity index (χ1v) is 14.6. The van der Waals surface area contributed by atoms with Gasteiger partial charge in [-0.1, -0.05) is 41.5 Å². The van der Waals surface area contributed by atoms with Crippen LogP contribution in [-0.4, -0.2) is 51.0 Å². The van der Waals surface area contributed by atoms with Crippen molar-refractivity contribution in [2.45, 2.75) is 89.5 Å². The Kier molecular flexibility index (Phi) is 14.1. The zero-order valence-electron chi connectivity index (χ0n) is 23.9. The first kappa shape index (κ1) is 35.5. The molecule has 2 aromatic rings. The highest BCUT2D eigenvalue weighted by Gasteiger charge is 2.25. The summed E-state index contributed by atoms with van der Waals surface area (Å²) < 4.78 is 24.3. The summed E-state index contributed by atoms with van der Waals surface area (Å²) >= 11 is 1.71. The maximum atomic E-state index is 12.1. The highest BCUT2D eigenvalue weighted by Crippen LogP contribution is 2.29. The quantitative estimate of drug-likeness (QED) is 0.139. The van der Waals surface area contributed by atoms with E-state index in [-0.39, 0.29) is 39.7 Å². The van der Waals surface area contributed by atoms with E-state index in [1.165, 1.54) is 6.07 Å². The highest BCUT2D eigenvalue weighted by atomic mass is 32.2. The number of pyridine rings is 2. The number of carbonyl (C=O) groups is 2. The van der Waals surface area contributed by atoms with Gasteiger partial charge in [0.2, 0.25) is 0 Å². The second-order valence-electron chi connectivity index (χ2n) is 9.82. The minimum absolute atomic E-state index is 0.00620. The number of thioether (sulfide) groups is 1. The molecule has 0 bridgehead atoms. The lowest BCUT2D eigenvalue weighted by atomic mass is 10.0. The van der Waals surface area contributed by atoms with E-state index < -0.39 is 15.1 Å². The molecule has 0 aliphatic rings. The number of hydrogen-bond acceptors (Lipinski definition) is 11. The Morgan fingerprint density at radius 3 is 1.55 bits per heavy atom. The van der Waals surface area contributed by atoms with Crippen LogP contribution in [0.15, 0.2) is 21.9 Å². The standard InChI is InChI=1S/C13H20N2O3S.C13H20N2OS.H2O2/c1-7(2)13(16)12-10(14)6-11(9(5)15-12)19(17,18)8(3)4;1-7(2)13(16)12-10(14)6-11(9(5)15-12)17-8(3)4;1-2/h6-8H,14H2,1-5H3;6-8H,14H2,1-5H3;1-2H. The number of nitrogen functional groups attached to an aromatic ring is 2. The third-order valence-corrected chi connectivity index (χ3v) is 8.60. The second-order valence-corrected chi connectivity index (χ2v) is 13.9. The van der Waals surface area contributed by atoms with E-state index in [1.54, 1.807) is 46.4 Å². The Morgan fingerprint density at radius 1 is 0.789 bits per heavy atom. The molecule has 38 heavy (non-hydrogen) atoms. The number of carbonyl (C=O) groups excluding carboxylic acids is 2. The molecule has 6 N–H and O–H groups in total. The summed E-state index contributed by atoms with van der Waals surface area (Å²) in [7, 11) is -3.45. The van der Waals surface area contributed by atoms with Crippen molar-refractivity contribution >= 4 is 44.5 Å². The predicted octanol–water partition coefficient (Wildman–Crippen LogP) is 5.32. The van der Waals surface area contributed by atoms with Gasteiger partial charge in [0.15, 0.2) is 21.4 Å². The number of Topliss-reactive ketones (excluding diaryl/α,β-unsaturated/α-hetero) is 2. The molecule has 0 saturated heterocycles. The van der Waals surface area contributed by atoms with Crippen LogP contribution in [0.2, 0.25) is 0 Å². The molecular formula is C26H42N4O6S2. The fourth-order valence-electron chi connectivity index (χ4n) is 3.06. The van der Waals surface area contributed by atoms with E-state index in [1.807, 2.05) is 26.8 Å². The van der Waals surface area contributed by atoms with E-state index in [2.05, 4.69) is 23.8 Å². The lowest BCUT2D eigenvalue weighted by Crippen LogP contribution is -2.19. The largest absolute Gasteiger partial charge is 0.397 e. The predicted molar refractivity (Wildman–Crippen MR) is 154 cm³/mol.